The van der Waals surface area contributed by atoms with Gasteiger partial charge in [-0.05, 0) is 80.9 Å². The van der Waals surface area contributed by atoms with Crippen molar-refractivity contribution < 1.29 is 19.1 Å². The standard InChI is InChI=1S/C26H25I2N3O4/c1-2-34-26(33)30-23(20-11-7-4-8-12-20)15-24(32)31-29-16-19-13-21(27)25(22(28)14-19)35-17-18-9-5-3-6-10-18/h3-14,16,23H,2,15,17H2,1H3,(H,30,33)(H,31,32)/b29-16-/t23-/m0/s1. The topological polar surface area (TPSA) is 89.0 Å². The summed E-state index contributed by atoms with van der Waals surface area (Å²) >= 11 is 4.46. The van der Waals surface area contributed by atoms with E-state index in [1.807, 2.05) is 72.8 Å². The molecule has 2 N–H and O–H groups in total. The third-order valence-corrected chi connectivity index (χ3v) is 6.41. The second-order valence-electron chi connectivity index (χ2n) is 7.41. The van der Waals surface area contributed by atoms with Gasteiger partial charge in [0.25, 0.3) is 0 Å². The summed E-state index contributed by atoms with van der Waals surface area (Å²) in [7, 11) is 0. The monoisotopic (exact) mass is 697 g/mol. The highest BCUT2D eigenvalue weighted by atomic mass is 127. The highest BCUT2D eigenvalue weighted by Gasteiger charge is 2.19. The van der Waals surface area contributed by atoms with Crippen LogP contribution in [0.15, 0.2) is 77.9 Å². The maximum atomic E-state index is 12.5. The first-order chi connectivity index (χ1) is 17.0. The molecule has 0 aromatic heterocycles. The van der Waals surface area contributed by atoms with Crippen LogP contribution in [0.2, 0.25) is 0 Å². The van der Waals surface area contributed by atoms with Crippen LogP contribution in [0.1, 0.15) is 36.1 Å². The van der Waals surface area contributed by atoms with E-state index in [4.69, 9.17) is 9.47 Å². The molecule has 0 heterocycles. The molecule has 0 fully saturated rings. The minimum absolute atomic E-state index is 0.0154. The van der Waals surface area contributed by atoms with Crippen LogP contribution in [0.4, 0.5) is 4.79 Å². The largest absolute Gasteiger partial charge is 0.487 e. The Bertz CT molecular complexity index is 1130. The van der Waals surface area contributed by atoms with Gasteiger partial charge in [0.1, 0.15) is 12.4 Å². The molecule has 0 unspecified atom stereocenters. The third kappa shape index (κ3) is 8.80. The summed E-state index contributed by atoms with van der Waals surface area (Å²) in [4.78, 5) is 24.4. The molecule has 182 valence electrons. The molecule has 3 aromatic carbocycles. The molecule has 1 atom stereocenters. The maximum absolute atomic E-state index is 12.5. The summed E-state index contributed by atoms with van der Waals surface area (Å²) in [6, 6.07) is 22.6. The number of rotatable bonds is 10. The van der Waals surface area contributed by atoms with Crippen molar-refractivity contribution in [1.82, 2.24) is 10.7 Å². The molecule has 3 rings (SSSR count). The lowest BCUT2D eigenvalue weighted by Gasteiger charge is -2.18. The van der Waals surface area contributed by atoms with Crippen molar-refractivity contribution in [1.29, 1.82) is 0 Å². The average molecular weight is 697 g/mol. The number of hydrogen-bond acceptors (Lipinski definition) is 5. The van der Waals surface area contributed by atoms with E-state index in [2.05, 4.69) is 61.0 Å². The van der Waals surface area contributed by atoms with Crippen LogP contribution in [0.25, 0.3) is 0 Å². The summed E-state index contributed by atoms with van der Waals surface area (Å²) in [5.41, 5.74) is 5.26. The van der Waals surface area contributed by atoms with Gasteiger partial charge in [-0.15, -0.1) is 0 Å². The molecule has 0 radical (unpaired) electrons. The molecule has 0 bridgehead atoms. The number of benzene rings is 3. The summed E-state index contributed by atoms with van der Waals surface area (Å²) in [5, 5.41) is 6.82. The van der Waals surface area contributed by atoms with Crippen LogP contribution in [-0.4, -0.2) is 24.8 Å². The summed E-state index contributed by atoms with van der Waals surface area (Å²) in [6.07, 6.45) is 1.03. The fourth-order valence-electron chi connectivity index (χ4n) is 3.18. The van der Waals surface area contributed by atoms with Crippen LogP contribution >= 0.6 is 45.2 Å². The van der Waals surface area contributed by atoms with E-state index in [1.165, 1.54) is 0 Å². The second-order valence-corrected chi connectivity index (χ2v) is 9.74. The van der Waals surface area contributed by atoms with E-state index in [1.54, 1.807) is 13.1 Å². The number of carbonyl (C=O) groups is 2. The first-order valence-electron chi connectivity index (χ1n) is 10.9. The van der Waals surface area contributed by atoms with Crippen molar-refractivity contribution >= 4 is 63.4 Å². The Labute approximate surface area is 232 Å². The Morgan fingerprint density at radius 3 is 2.26 bits per heavy atom. The lowest BCUT2D eigenvalue weighted by molar-refractivity contribution is -0.121. The Balaban J connectivity index is 1.60. The SMILES string of the molecule is CCOC(=O)N[C@@H](CC(=O)N/N=C\c1cc(I)c(OCc2ccccc2)c(I)c1)c1ccccc1. The van der Waals surface area contributed by atoms with Crippen molar-refractivity contribution in [3.05, 3.63) is 96.6 Å². The Hall–Kier alpha value is -2.67. The molecule has 9 heteroatoms. The first kappa shape index (κ1) is 26.9. The molecule has 3 aromatic rings. The number of carbonyl (C=O) groups excluding carboxylic acids is 2. The summed E-state index contributed by atoms with van der Waals surface area (Å²) in [6.45, 7) is 2.46. The number of hydrazone groups is 1. The van der Waals surface area contributed by atoms with Gasteiger partial charge in [-0.1, -0.05) is 60.7 Å². The zero-order valence-corrected chi connectivity index (χ0v) is 23.4. The molecule has 0 aliphatic carbocycles. The smallest absolute Gasteiger partial charge is 0.407 e. The van der Waals surface area contributed by atoms with Gasteiger partial charge in [-0.2, -0.15) is 5.10 Å². The van der Waals surface area contributed by atoms with Crippen LogP contribution in [0.5, 0.6) is 5.75 Å². The number of nitrogens with zero attached hydrogens (tertiary/aromatic N) is 1. The van der Waals surface area contributed by atoms with Crippen molar-refractivity contribution in [3.63, 3.8) is 0 Å². The Kier molecular flexibility index (Phi) is 10.8. The molecule has 0 aliphatic heterocycles. The van der Waals surface area contributed by atoms with E-state index >= 15 is 0 Å². The van der Waals surface area contributed by atoms with Gasteiger partial charge in [-0.25, -0.2) is 10.2 Å². The van der Waals surface area contributed by atoms with Crippen LogP contribution < -0.4 is 15.5 Å². The molecular formula is C26H25I2N3O4. The van der Waals surface area contributed by atoms with Gasteiger partial charge in [0, 0.05) is 0 Å². The van der Waals surface area contributed by atoms with Gasteiger partial charge in [0.05, 0.1) is 32.4 Å². The quantitative estimate of drug-likeness (QED) is 0.159. The van der Waals surface area contributed by atoms with E-state index in [0.717, 1.165) is 29.6 Å². The molecule has 2 amide bonds. The van der Waals surface area contributed by atoms with Crippen molar-refractivity contribution in [3.8, 4) is 5.75 Å². The number of alkyl carbamates (subject to hydrolysis) is 1. The maximum Gasteiger partial charge on any atom is 0.407 e. The van der Waals surface area contributed by atoms with Gasteiger partial charge < -0.3 is 14.8 Å². The lowest BCUT2D eigenvalue weighted by atomic mass is 10.0. The predicted molar refractivity (Wildman–Crippen MR) is 152 cm³/mol. The van der Waals surface area contributed by atoms with Crippen molar-refractivity contribution in [2.45, 2.75) is 26.0 Å². The number of ether oxygens (including phenoxy) is 2. The first-order valence-corrected chi connectivity index (χ1v) is 13.1. The molecule has 35 heavy (non-hydrogen) atoms. The van der Waals surface area contributed by atoms with Gasteiger partial charge >= 0.3 is 6.09 Å². The number of nitrogens with one attached hydrogen (secondary N) is 2. The number of hydrogen-bond donors (Lipinski definition) is 2. The Morgan fingerprint density at radius 2 is 1.63 bits per heavy atom. The third-order valence-electron chi connectivity index (χ3n) is 4.81. The van der Waals surface area contributed by atoms with Crippen LogP contribution in [-0.2, 0) is 16.1 Å². The molecule has 0 saturated heterocycles. The minimum atomic E-state index is -0.573. The Morgan fingerprint density at radius 1 is 1.00 bits per heavy atom. The fourth-order valence-corrected chi connectivity index (χ4v) is 5.31. The molecule has 0 spiro atoms. The van der Waals surface area contributed by atoms with E-state index in [9.17, 15) is 9.59 Å². The predicted octanol–water partition coefficient (Wildman–Crippen LogP) is 5.80. The summed E-state index contributed by atoms with van der Waals surface area (Å²) < 4.78 is 12.9. The van der Waals surface area contributed by atoms with Crippen molar-refractivity contribution in [2.75, 3.05) is 6.61 Å². The highest BCUT2D eigenvalue weighted by Crippen LogP contribution is 2.29. The molecule has 0 aliphatic rings. The minimum Gasteiger partial charge on any atom is -0.487 e. The average Bonchev–Trinajstić information content (AvgIpc) is 2.84. The highest BCUT2D eigenvalue weighted by molar-refractivity contribution is 14.1. The zero-order valence-electron chi connectivity index (χ0n) is 19.0. The fraction of sp³-hybridized carbons (Fsp3) is 0.192. The second kappa shape index (κ2) is 14.0. The van der Waals surface area contributed by atoms with Crippen molar-refractivity contribution in [2.24, 2.45) is 5.10 Å². The van der Waals surface area contributed by atoms with E-state index < -0.39 is 12.1 Å². The number of halogens is 2. The molecular weight excluding hydrogens is 672 g/mol. The van der Waals surface area contributed by atoms with Gasteiger partial charge in [0.15, 0.2) is 0 Å². The van der Waals surface area contributed by atoms with Gasteiger partial charge in [0.2, 0.25) is 5.91 Å². The van der Waals surface area contributed by atoms with Crippen LogP contribution in [0.3, 0.4) is 0 Å². The molecule has 7 nitrogen and oxygen atoms in total. The normalized spacial score (nSPS) is 11.6. The zero-order chi connectivity index (χ0) is 25.0. The van der Waals surface area contributed by atoms with Crippen LogP contribution in [0, 0.1) is 7.14 Å². The molecule has 0 saturated carbocycles. The lowest BCUT2D eigenvalue weighted by Crippen LogP contribution is -2.33. The van der Waals surface area contributed by atoms with E-state index in [-0.39, 0.29) is 18.9 Å². The van der Waals surface area contributed by atoms with E-state index in [0.29, 0.717) is 6.61 Å². The number of amides is 2. The van der Waals surface area contributed by atoms with Gasteiger partial charge in [-0.3, -0.25) is 4.79 Å². The summed E-state index contributed by atoms with van der Waals surface area (Å²) in [5.74, 6) is 0.478.